The summed E-state index contributed by atoms with van der Waals surface area (Å²) in [7, 11) is 1.87. The highest BCUT2D eigenvalue weighted by Crippen LogP contribution is 2.44. The van der Waals surface area contributed by atoms with Gasteiger partial charge in [0.05, 0.1) is 11.4 Å². The molecule has 5 rings (SSSR count). The number of hydrogen-bond donors (Lipinski definition) is 2. The van der Waals surface area contributed by atoms with Gasteiger partial charge in [0.1, 0.15) is 6.61 Å². The van der Waals surface area contributed by atoms with Gasteiger partial charge in [-0.15, -0.1) is 0 Å². The first kappa shape index (κ1) is 20.3. The summed E-state index contributed by atoms with van der Waals surface area (Å²) in [6.45, 7) is 5.27. The minimum Gasteiger partial charge on any atom is -0.483 e. The van der Waals surface area contributed by atoms with Crippen LogP contribution in [0.5, 0.6) is 5.75 Å². The highest BCUT2D eigenvalue weighted by atomic mass is 16.5. The number of aromatic nitrogens is 5. The Bertz CT molecular complexity index is 1150. The number of nitrogens with one attached hydrogen (secondary N) is 1. The lowest BCUT2D eigenvalue weighted by molar-refractivity contribution is 0.206. The first-order valence-corrected chi connectivity index (χ1v) is 11.0. The molecule has 2 aliphatic heterocycles. The van der Waals surface area contributed by atoms with Crippen LogP contribution < -0.4 is 15.8 Å². The van der Waals surface area contributed by atoms with E-state index in [4.69, 9.17) is 15.6 Å². The number of likely N-dealkylation sites (tertiary alicyclic amines) is 1. The Balaban J connectivity index is 1.37. The number of aryl methyl sites for hydroxylation is 2. The van der Waals surface area contributed by atoms with Crippen LogP contribution in [0.2, 0.25) is 0 Å². The number of hydrogen-bond acceptors (Lipinski definition) is 6. The molecule has 3 N–H and O–H groups in total. The van der Waals surface area contributed by atoms with E-state index in [2.05, 4.69) is 26.1 Å². The SMILES string of the molecule is CCNC(=O)N1CC[C@@]2(CCn3nc(-c4cnc(N)c(OCc5ccnn5C)c4)cc32)C1. The average Bonchev–Trinajstić information content (AvgIpc) is 3.55. The van der Waals surface area contributed by atoms with Crippen LogP contribution in [-0.2, 0) is 25.6 Å². The topological polar surface area (TPSA) is 116 Å². The van der Waals surface area contributed by atoms with Crippen molar-refractivity contribution in [3.8, 4) is 17.0 Å². The second-order valence-electron chi connectivity index (χ2n) is 8.52. The fourth-order valence-electron chi connectivity index (χ4n) is 4.73. The van der Waals surface area contributed by atoms with Gasteiger partial charge in [-0.05, 0) is 38.0 Å². The molecule has 1 spiro atoms. The number of urea groups is 1. The minimum absolute atomic E-state index is 0.0144. The number of carbonyl (C=O) groups is 1. The largest absolute Gasteiger partial charge is 0.483 e. The molecule has 2 aliphatic rings. The summed E-state index contributed by atoms with van der Waals surface area (Å²) in [6, 6.07) is 5.93. The van der Waals surface area contributed by atoms with Crippen molar-refractivity contribution in [1.82, 2.24) is 34.8 Å². The number of nitrogen functional groups attached to an aromatic ring is 1. The van der Waals surface area contributed by atoms with Crippen LogP contribution in [0.25, 0.3) is 11.3 Å². The van der Waals surface area contributed by atoms with E-state index in [1.54, 1.807) is 17.1 Å². The molecule has 0 bridgehead atoms. The smallest absolute Gasteiger partial charge is 0.317 e. The van der Waals surface area contributed by atoms with Crippen molar-refractivity contribution < 1.29 is 9.53 Å². The third-order valence-corrected chi connectivity index (χ3v) is 6.57. The summed E-state index contributed by atoms with van der Waals surface area (Å²) < 4.78 is 9.76. The second-order valence-corrected chi connectivity index (χ2v) is 8.52. The molecule has 1 fully saturated rings. The van der Waals surface area contributed by atoms with Gasteiger partial charge < -0.3 is 20.7 Å². The molecule has 3 aromatic heterocycles. The maximum absolute atomic E-state index is 12.3. The van der Waals surface area contributed by atoms with Gasteiger partial charge in [0.25, 0.3) is 0 Å². The van der Waals surface area contributed by atoms with Gasteiger partial charge in [-0.1, -0.05) is 0 Å². The number of fused-ring (bicyclic) bond motifs is 2. The molecule has 5 heterocycles. The Hall–Kier alpha value is -3.56. The fraction of sp³-hybridized carbons (Fsp3) is 0.455. The molecule has 0 saturated carbocycles. The van der Waals surface area contributed by atoms with Crippen molar-refractivity contribution in [2.45, 2.75) is 38.3 Å². The van der Waals surface area contributed by atoms with Gasteiger partial charge in [0.15, 0.2) is 11.6 Å². The van der Waals surface area contributed by atoms with Gasteiger partial charge >= 0.3 is 6.03 Å². The number of rotatable bonds is 5. The van der Waals surface area contributed by atoms with Crippen molar-refractivity contribution in [2.24, 2.45) is 7.05 Å². The highest BCUT2D eigenvalue weighted by Gasteiger charge is 2.46. The van der Waals surface area contributed by atoms with Crippen LogP contribution in [0, 0.1) is 0 Å². The summed E-state index contributed by atoms with van der Waals surface area (Å²) in [5.41, 5.74) is 9.85. The third kappa shape index (κ3) is 3.45. The zero-order valence-electron chi connectivity index (χ0n) is 18.4. The zero-order chi connectivity index (χ0) is 22.3. The third-order valence-electron chi connectivity index (χ3n) is 6.57. The molecule has 10 heteroatoms. The van der Waals surface area contributed by atoms with Gasteiger partial charge in [0, 0.05) is 62.3 Å². The number of amides is 2. The molecule has 0 radical (unpaired) electrons. The van der Waals surface area contributed by atoms with Gasteiger partial charge in [-0.2, -0.15) is 10.2 Å². The van der Waals surface area contributed by atoms with E-state index in [1.165, 1.54) is 5.69 Å². The summed E-state index contributed by atoms with van der Waals surface area (Å²) in [4.78, 5) is 18.6. The molecule has 0 aliphatic carbocycles. The number of nitrogens with zero attached hydrogens (tertiary/aromatic N) is 6. The molecule has 1 atom stereocenters. The summed E-state index contributed by atoms with van der Waals surface area (Å²) in [6.07, 6.45) is 5.42. The van der Waals surface area contributed by atoms with E-state index in [0.29, 0.717) is 24.7 Å². The van der Waals surface area contributed by atoms with E-state index in [-0.39, 0.29) is 11.4 Å². The monoisotopic (exact) mass is 436 g/mol. The fourth-order valence-corrected chi connectivity index (χ4v) is 4.73. The first-order valence-electron chi connectivity index (χ1n) is 11.0. The van der Waals surface area contributed by atoms with Crippen molar-refractivity contribution in [2.75, 3.05) is 25.4 Å². The molecule has 0 aromatic carbocycles. The van der Waals surface area contributed by atoms with Crippen LogP contribution >= 0.6 is 0 Å². The number of anilines is 1. The molecule has 168 valence electrons. The molecule has 32 heavy (non-hydrogen) atoms. The molecule has 0 unspecified atom stereocenters. The Labute approximate surface area is 186 Å². The van der Waals surface area contributed by atoms with Gasteiger partial charge in [0.2, 0.25) is 0 Å². The van der Waals surface area contributed by atoms with E-state index >= 15 is 0 Å². The maximum atomic E-state index is 12.3. The van der Waals surface area contributed by atoms with E-state index < -0.39 is 0 Å². The second kappa shape index (κ2) is 7.85. The Morgan fingerprint density at radius 3 is 2.94 bits per heavy atom. The standard InChI is InChI=1S/C22H28N8O2/c1-3-24-21(31)29-8-5-22(14-29)6-9-30-19(22)11-17(27-30)15-10-18(20(23)25-12-15)32-13-16-4-7-26-28(16)2/h4,7,10-12H,3,5-6,8-9,13-14H2,1-2H3,(H2,23,25)(H,24,31)/t22-/m1/s1. The van der Waals surface area contributed by atoms with E-state index in [1.807, 2.05) is 31.0 Å². The Morgan fingerprint density at radius 1 is 1.31 bits per heavy atom. The lowest BCUT2D eigenvalue weighted by Gasteiger charge is -2.23. The number of ether oxygens (including phenoxy) is 1. The molecule has 1 saturated heterocycles. The highest BCUT2D eigenvalue weighted by molar-refractivity contribution is 5.75. The molecule has 3 aromatic rings. The van der Waals surface area contributed by atoms with Crippen LogP contribution in [-0.4, -0.2) is 55.1 Å². The van der Waals surface area contributed by atoms with Crippen LogP contribution in [0.4, 0.5) is 10.6 Å². The quantitative estimate of drug-likeness (QED) is 0.631. The predicted octanol–water partition coefficient (Wildman–Crippen LogP) is 1.92. The molecular formula is C22H28N8O2. The minimum atomic E-state index is -0.0313. The van der Waals surface area contributed by atoms with Crippen LogP contribution in [0.1, 0.15) is 31.2 Å². The molecular weight excluding hydrogens is 408 g/mol. The number of pyridine rings is 1. The van der Waals surface area contributed by atoms with Crippen molar-refractivity contribution in [3.63, 3.8) is 0 Å². The Kier molecular flexibility index (Phi) is 4.99. The predicted molar refractivity (Wildman–Crippen MR) is 119 cm³/mol. The number of carbonyl (C=O) groups excluding carboxylic acids is 1. The van der Waals surface area contributed by atoms with Crippen molar-refractivity contribution in [1.29, 1.82) is 0 Å². The maximum Gasteiger partial charge on any atom is 0.317 e. The van der Waals surface area contributed by atoms with Crippen LogP contribution in [0.15, 0.2) is 30.6 Å². The first-order chi connectivity index (χ1) is 15.5. The van der Waals surface area contributed by atoms with Crippen molar-refractivity contribution >= 4 is 11.8 Å². The van der Waals surface area contributed by atoms with Crippen molar-refractivity contribution in [3.05, 3.63) is 42.0 Å². The zero-order valence-corrected chi connectivity index (χ0v) is 18.4. The molecule has 10 nitrogen and oxygen atoms in total. The lowest BCUT2D eigenvalue weighted by Crippen LogP contribution is -2.40. The summed E-state index contributed by atoms with van der Waals surface area (Å²) in [5, 5.41) is 11.9. The summed E-state index contributed by atoms with van der Waals surface area (Å²) >= 11 is 0. The lowest BCUT2D eigenvalue weighted by atomic mass is 9.82. The van der Waals surface area contributed by atoms with Gasteiger partial charge in [-0.3, -0.25) is 9.36 Å². The van der Waals surface area contributed by atoms with E-state index in [0.717, 1.165) is 49.4 Å². The average molecular weight is 437 g/mol. The summed E-state index contributed by atoms with van der Waals surface area (Å²) in [5.74, 6) is 0.863. The molecule has 2 amide bonds. The normalized spacial score (nSPS) is 19.5. The van der Waals surface area contributed by atoms with Gasteiger partial charge in [-0.25, -0.2) is 9.78 Å². The Morgan fingerprint density at radius 2 is 2.16 bits per heavy atom. The van der Waals surface area contributed by atoms with Crippen LogP contribution in [0.3, 0.4) is 0 Å². The number of nitrogens with two attached hydrogens (primary N) is 1. The van der Waals surface area contributed by atoms with E-state index in [9.17, 15) is 4.79 Å².